The van der Waals surface area contributed by atoms with Gasteiger partial charge in [-0.25, -0.2) is 4.39 Å². The van der Waals surface area contributed by atoms with Crippen molar-refractivity contribution in [3.63, 3.8) is 0 Å². The highest BCUT2D eigenvalue weighted by atomic mass is 19.1. The van der Waals surface area contributed by atoms with Crippen LogP contribution in [-0.2, 0) is 5.41 Å². The van der Waals surface area contributed by atoms with Crippen LogP contribution >= 0.6 is 0 Å². The van der Waals surface area contributed by atoms with Crippen LogP contribution in [0.25, 0.3) is 11.1 Å². The Labute approximate surface area is 116 Å². The molecule has 1 heteroatoms. The van der Waals surface area contributed by atoms with E-state index in [2.05, 4.69) is 45.0 Å². The summed E-state index contributed by atoms with van der Waals surface area (Å²) >= 11 is 0. The molecule has 0 heterocycles. The van der Waals surface area contributed by atoms with Crippen LogP contribution in [-0.4, -0.2) is 0 Å². The Morgan fingerprint density at radius 2 is 1.05 bits per heavy atom. The molecule has 0 radical (unpaired) electrons. The van der Waals surface area contributed by atoms with E-state index < -0.39 is 0 Å². The Kier molecular flexibility index (Phi) is 5.29. The summed E-state index contributed by atoms with van der Waals surface area (Å²) < 4.78 is 12.8. The summed E-state index contributed by atoms with van der Waals surface area (Å²) in [6.07, 6.45) is 0. The third-order valence-corrected chi connectivity index (χ3v) is 2.93. The standard InChI is InChI=1S/C16H17F.C2H6/c1-16(2,3)14-8-4-12(5-9-14)13-6-10-15(17)11-7-13;1-2/h4-11H,1-3H3;1-2H3. The number of hydrogen-bond acceptors (Lipinski definition) is 0. The van der Waals surface area contributed by atoms with Crippen LogP contribution in [0.5, 0.6) is 0 Å². The van der Waals surface area contributed by atoms with E-state index in [1.807, 2.05) is 13.8 Å². The van der Waals surface area contributed by atoms with E-state index in [1.165, 1.54) is 17.7 Å². The second-order valence-corrected chi connectivity index (χ2v) is 5.33. The Hall–Kier alpha value is -1.63. The first-order valence-electron chi connectivity index (χ1n) is 6.83. The monoisotopic (exact) mass is 258 g/mol. The maximum atomic E-state index is 12.8. The molecule has 2 aromatic rings. The van der Waals surface area contributed by atoms with Crippen molar-refractivity contribution in [3.8, 4) is 11.1 Å². The van der Waals surface area contributed by atoms with Crippen molar-refractivity contribution in [1.82, 2.24) is 0 Å². The Morgan fingerprint density at radius 3 is 1.42 bits per heavy atom. The molecule has 102 valence electrons. The summed E-state index contributed by atoms with van der Waals surface area (Å²) in [5.74, 6) is -0.194. The molecule has 2 aromatic carbocycles. The topological polar surface area (TPSA) is 0 Å². The van der Waals surface area contributed by atoms with Gasteiger partial charge in [-0.05, 0) is 34.2 Å². The average molecular weight is 258 g/mol. The van der Waals surface area contributed by atoms with Crippen molar-refractivity contribution in [3.05, 3.63) is 59.9 Å². The summed E-state index contributed by atoms with van der Waals surface area (Å²) in [5.41, 5.74) is 3.65. The molecular formula is C18H23F. The quantitative estimate of drug-likeness (QED) is 0.605. The minimum atomic E-state index is -0.194. The van der Waals surface area contributed by atoms with Gasteiger partial charge >= 0.3 is 0 Å². The van der Waals surface area contributed by atoms with Gasteiger partial charge in [0.05, 0.1) is 0 Å². The Bertz CT molecular complexity index is 487. The minimum Gasteiger partial charge on any atom is -0.207 e. The van der Waals surface area contributed by atoms with Gasteiger partial charge in [0.25, 0.3) is 0 Å². The Balaban J connectivity index is 0.000000861. The minimum absolute atomic E-state index is 0.168. The zero-order chi connectivity index (χ0) is 14.5. The van der Waals surface area contributed by atoms with Crippen LogP contribution in [0, 0.1) is 5.82 Å². The number of rotatable bonds is 1. The molecule has 0 unspecified atom stereocenters. The van der Waals surface area contributed by atoms with Crippen LogP contribution in [0.4, 0.5) is 4.39 Å². The van der Waals surface area contributed by atoms with E-state index >= 15 is 0 Å². The largest absolute Gasteiger partial charge is 0.207 e. The fraction of sp³-hybridized carbons (Fsp3) is 0.333. The Morgan fingerprint density at radius 1 is 0.684 bits per heavy atom. The number of hydrogen-bond donors (Lipinski definition) is 0. The first kappa shape index (κ1) is 15.4. The third kappa shape index (κ3) is 4.20. The van der Waals surface area contributed by atoms with Crippen molar-refractivity contribution in [2.45, 2.75) is 40.0 Å². The maximum absolute atomic E-state index is 12.8. The van der Waals surface area contributed by atoms with Crippen LogP contribution in [0.1, 0.15) is 40.2 Å². The lowest BCUT2D eigenvalue weighted by Crippen LogP contribution is -2.10. The molecular weight excluding hydrogens is 235 g/mol. The van der Waals surface area contributed by atoms with E-state index in [9.17, 15) is 4.39 Å². The van der Waals surface area contributed by atoms with Crippen LogP contribution in [0.3, 0.4) is 0 Å². The van der Waals surface area contributed by atoms with Gasteiger partial charge in [-0.15, -0.1) is 0 Å². The lowest BCUT2D eigenvalue weighted by Gasteiger charge is -2.19. The SMILES string of the molecule is CC.CC(C)(C)c1ccc(-c2ccc(F)cc2)cc1. The molecule has 0 bridgehead atoms. The first-order chi connectivity index (χ1) is 8.97. The van der Waals surface area contributed by atoms with Crippen LogP contribution < -0.4 is 0 Å². The summed E-state index contributed by atoms with van der Waals surface area (Å²) in [7, 11) is 0. The fourth-order valence-electron chi connectivity index (χ4n) is 1.81. The van der Waals surface area contributed by atoms with Gasteiger partial charge in [-0.3, -0.25) is 0 Å². The van der Waals surface area contributed by atoms with Crippen molar-refractivity contribution in [2.75, 3.05) is 0 Å². The average Bonchev–Trinajstić information content (AvgIpc) is 2.41. The highest BCUT2D eigenvalue weighted by molar-refractivity contribution is 5.63. The highest BCUT2D eigenvalue weighted by Crippen LogP contribution is 2.26. The molecule has 0 nitrogen and oxygen atoms in total. The van der Waals surface area contributed by atoms with Crippen molar-refractivity contribution in [2.24, 2.45) is 0 Å². The van der Waals surface area contributed by atoms with Gasteiger partial charge in [-0.2, -0.15) is 0 Å². The molecule has 0 aliphatic carbocycles. The molecule has 0 atom stereocenters. The zero-order valence-corrected chi connectivity index (χ0v) is 12.5. The molecule has 0 amide bonds. The smallest absolute Gasteiger partial charge is 0.123 e. The third-order valence-electron chi connectivity index (χ3n) is 2.93. The summed E-state index contributed by atoms with van der Waals surface area (Å²) in [5, 5.41) is 0. The molecule has 0 aliphatic heterocycles. The van der Waals surface area contributed by atoms with E-state index in [0.717, 1.165) is 11.1 Å². The van der Waals surface area contributed by atoms with Crippen molar-refractivity contribution in [1.29, 1.82) is 0 Å². The molecule has 0 saturated heterocycles. The van der Waals surface area contributed by atoms with E-state index in [1.54, 1.807) is 12.1 Å². The predicted molar refractivity (Wildman–Crippen MR) is 81.9 cm³/mol. The van der Waals surface area contributed by atoms with Gasteiger partial charge in [0, 0.05) is 0 Å². The van der Waals surface area contributed by atoms with Crippen LogP contribution in [0.2, 0.25) is 0 Å². The summed E-state index contributed by atoms with van der Waals surface area (Å²) in [6.45, 7) is 10.6. The molecule has 0 fully saturated rings. The molecule has 0 spiro atoms. The zero-order valence-electron chi connectivity index (χ0n) is 12.5. The molecule has 0 aliphatic rings. The molecule has 19 heavy (non-hydrogen) atoms. The van der Waals surface area contributed by atoms with Gasteiger partial charge < -0.3 is 0 Å². The van der Waals surface area contributed by atoms with E-state index in [0.29, 0.717) is 0 Å². The van der Waals surface area contributed by atoms with E-state index in [4.69, 9.17) is 0 Å². The van der Waals surface area contributed by atoms with E-state index in [-0.39, 0.29) is 11.2 Å². The van der Waals surface area contributed by atoms with Gasteiger partial charge in [-0.1, -0.05) is 71.0 Å². The maximum Gasteiger partial charge on any atom is 0.123 e. The molecule has 0 N–H and O–H groups in total. The second kappa shape index (κ2) is 6.51. The van der Waals surface area contributed by atoms with Gasteiger partial charge in [0.15, 0.2) is 0 Å². The summed E-state index contributed by atoms with van der Waals surface area (Å²) in [6, 6.07) is 15.1. The highest BCUT2D eigenvalue weighted by Gasteiger charge is 2.12. The molecule has 2 rings (SSSR count). The summed E-state index contributed by atoms with van der Waals surface area (Å²) in [4.78, 5) is 0. The second-order valence-electron chi connectivity index (χ2n) is 5.33. The predicted octanol–water partition coefficient (Wildman–Crippen LogP) is 5.82. The molecule has 0 aromatic heterocycles. The van der Waals surface area contributed by atoms with Gasteiger partial charge in [0.2, 0.25) is 0 Å². The van der Waals surface area contributed by atoms with Gasteiger partial charge in [0.1, 0.15) is 5.82 Å². The lowest BCUT2D eigenvalue weighted by atomic mass is 9.86. The van der Waals surface area contributed by atoms with Crippen molar-refractivity contribution >= 4 is 0 Å². The number of halogens is 1. The normalized spacial score (nSPS) is 10.6. The van der Waals surface area contributed by atoms with Crippen LogP contribution in [0.15, 0.2) is 48.5 Å². The number of benzene rings is 2. The molecule has 0 saturated carbocycles. The lowest BCUT2D eigenvalue weighted by molar-refractivity contribution is 0.590. The first-order valence-corrected chi connectivity index (χ1v) is 6.83. The van der Waals surface area contributed by atoms with Crippen molar-refractivity contribution < 1.29 is 4.39 Å². The fourth-order valence-corrected chi connectivity index (χ4v) is 1.81.